The number of hydrogen-bond donors (Lipinski definition) is 0. The molecule has 1 aromatic heterocycles. The van der Waals surface area contributed by atoms with Gasteiger partial charge in [0.2, 0.25) is 0 Å². The van der Waals surface area contributed by atoms with Crippen LogP contribution in [0.5, 0.6) is 0 Å². The average Bonchev–Trinajstić information content (AvgIpc) is 2.71. The van der Waals surface area contributed by atoms with Crippen molar-refractivity contribution in [2.75, 3.05) is 0 Å². The van der Waals surface area contributed by atoms with E-state index in [1.807, 2.05) is 0 Å². The summed E-state index contributed by atoms with van der Waals surface area (Å²) in [6.07, 6.45) is 9.90. The molecule has 0 amide bonds. The van der Waals surface area contributed by atoms with Crippen LogP contribution in [0.1, 0.15) is 44.1 Å². The maximum Gasteiger partial charge on any atom is 0.0189 e. The van der Waals surface area contributed by atoms with E-state index in [1.165, 1.54) is 50.5 Å². The Kier molecular flexibility index (Phi) is 4.70. The monoisotopic (exact) mass is 286 g/mol. The molecule has 0 nitrogen and oxygen atoms in total. The van der Waals surface area contributed by atoms with Crippen molar-refractivity contribution in [3.63, 3.8) is 0 Å². The molecule has 84 valence electrons. The van der Waals surface area contributed by atoms with Crippen LogP contribution in [0.25, 0.3) is 0 Å². The fraction of sp³-hybridized carbons (Fsp3) is 0.692. The highest BCUT2D eigenvalue weighted by molar-refractivity contribution is 9.09. The maximum absolute atomic E-state index is 3.84. The largest absolute Gasteiger partial charge is 0.152 e. The van der Waals surface area contributed by atoms with Gasteiger partial charge in [-0.3, -0.25) is 0 Å². The smallest absolute Gasteiger partial charge is 0.0189 e. The molecule has 1 atom stereocenters. The zero-order chi connectivity index (χ0) is 10.5. The lowest BCUT2D eigenvalue weighted by molar-refractivity contribution is 0.337. The molecule has 0 bridgehead atoms. The zero-order valence-electron chi connectivity index (χ0n) is 9.12. The summed E-state index contributed by atoms with van der Waals surface area (Å²) in [6.45, 7) is 0. The van der Waals surface area contributed by atoms with Crippen molar-refractivity contribution < 1.29 is 0 Å². The van der Waals surface area contributed by atoms with Crippen molar-refractivity contribution >= 4 is 27.3 Å². The van der Waals surface area contributed by atoms with Gasteiger partial charge in [0.1, 0.15) is 0 Å². The van der Waals surface area contributed by atoms with Crippen LogP contribution in [-0.2, 0) is 6.42 Å². The van der Waals surface area contributed by atoms with E-state index < -0.39 is 0 Å². The minimum absolute atomic E-state index is 0.690. The molecular weight excluding hydrogens is 268 g/mol. The number of hydrogen-bond acceptors (Lipinski definition) is 1. The molecule has 0 radical (unpaired) electrons. The van der Waals surface area contributed by atoms with E-state index in [1.54, 1.807) is 11.3 Å². The first kappa shape index (κ1) is 11.7. The first-order chi connectivity index (χ1) is 7.34. The summed E-state index contributed by atoms with van der Waals surface area (Å²) in [5.41, 5.74) is 1.50. The quantitative estimate of drug-likeness (QED) is 0.682. The van der Waals surface area contributed by atoms with Gasteiger partial charge in [0.15, 0.2) is 0 Å². The minimum Gasteiger partial charge on any atom is -0.152 e. The lowest BCUT2D eigenvalue weighted by Crippen LogP contribution is -2.13. The molecule has 2 rings (SSSR count). The molecule has 1 unspecified atom stereocenters. The molecule has 0 aromatic carbocycles. The predicted octanol–water partition coefficient (Wildman–Crippen LogP) is 5.02. The van der Waals surface area contributed by atoms with E-state index >= 15 is 0 Å². The Morgan fingerprint density at radius 1 is 1.33 bits per heavy atom. The van der Waals surface area contributed by atoms with Crippen molar-refractivity contribution in [3.8, 4) is 0 Å². The standard InChI is InChI=1S/C13H19BrS/c14-13(9-12-6-7-15-10-12)8-11-4-2-1-3-5-11/h6-7,10-11,13H,1-5,8-9H2. The Labute approximate surface area is 105 Å². The first-order valence-electron chi connectivity index (χ1n) is 6.00. The Morgan fingerprint density at radius 3 is 2.80 bits per heavy atom. The van der Waals surface area contributed by atoms with Crippen LogP contribution in [0.2, 0.25) is 0 Å². The Hall–Kier alpha value is 0.180. The summed E-state index contributed by atoms with van der Waals surface area (Å²) in [4.78, 5) is 0.690. The number of rotatable bonds is 4. The lowest BCUT2D eigenvalue weighted by Gasteiger charge is -2.23. The second-order valence-electron chi connectivity index (χ2n) is 4.67. The SMILES string of the molecule is BrC(Cc1ccsc1)CC1CCCCC1. The van der Waals surface area contributed by atoms with Gasteiger partial charge in [-0.15, -0.1) is 0 Å². The van der Waals surface area contributed by atoms with Gasteiger partial charge in [0, 0.05) is 4.83 Å². The van der Waals surface area contributed by atoms with Crippen LogP contribution in [0, 0.1) is 5.92 Å². The van der Waals surface area contributed by atoms with Gasteiger partial charge in [-0.2, -0.15) is 11.3 Å². The molecule has 0 aliphatic heterocycles. The van der Waals surface area contributed by atoms with Crippen molar-refractivity contribution in [2.24, 2.45) is 5.92 Å². The molecule has 0 saturated heterocycles. The van der Waals surface area contributed by atoms with Gasteiger partial charge in [-0.25, -0.2) is 0 Å². The van der Waals surface area contributed by atoms with Crippen LogP contribution in [0.3, 0.4) is 0 Å². The van der Waals surface area contributed by atoms with E-state index in [0.29, 0.717) is 4.83 Å². The van der Waals surface area contributed by atoms with E-state index in [2.05, 4.69) is 32.8 Å². The molecule has 0 spiro atoms. The Balaban J connectivity index is 1.74. The highest BCUT2D eigenvalue weighted by Crippen LogP contribution is 2.30. The first-order valence-corrected chi connectivity index (χ1v) is 7.85. The van der Waals surface area contributed by atoms with Crippen LogP contribution < -0.4 is 0 Å². The molecule has 1 saturated carbocycles. The van der Waals surface area contributed by atoms with Gasteiger partial charge >= 0.3 is 0 Å². The van der Waals surface area contributed by atoms with Crippen LogP contribution >= 0.6 is 27.3 Å². The molecule has 1 aliphatic rings. The zero-order valence-corrected chi connectivity index (χ0v) is 11.5. The second kappa shape index (κ2) is 6.05. The van der Waals surface area contributed by atoms with E-state index in [9.17, 15) is 0 Å². The third kappa shape index (κ3) is 3.92. The molecule has 2 heteroatoms. The summed E-state index contributed by atoms with van der Waals surface area (Å²) in [5.74, 6) is 0.988. The van der Waals surface area contributed by atoms with Crippen LogP contribution in [-0.4, -0.2) is 4.83 Å². The fourth-order valence-electron chi connectivity index (χ4n) is 2.53. The molecular formula is C13H19BrS. The van der Waals surface area contributed by atoms with Crippen molar-refractivity contribution in [3.05, 3.63) is 22.4 Å². The molecule has 1 fully saturated rings. The van der Waals surface area contributed by atoms with Gasteiger partial charge in [-0.1, -0.05) is 48.0 Å². The number of thiophene rings is 1. The summed E-state index contributed by atoms with van der Waals surface area (Å²) in [5, 5.41) is 4.45. The Morgan fingerprint density at radius 2 is 2.13 bits per heavy atom. The van der Waals surface area contributed by atoms with Crippen molar-refractivity contribution in [1.29, 1.82) is 0 Å². The van der Waals surface area contributed by atoms with Gasteiger partial charge in [0.25, 0.3) is 0 Å². The van der Waals surface area contributed by atoms with Crippen molar-refractivity contribution in [1.82, 2.24) is 0 Å². The summed E-state index contributed by atoms with van der Waals surface area (Å²) in [7, 11) is 0. The summed E-state index contributed by atoms with van der Waals surface area (Å²) < 4.78 is 0. The fourth-order valence-corrected chi connectivity index (χ4v) is 4.12. The third-order valence-corrected chi connectivity index (χ3v) is 4.78. The number of halogens is 1. The highest BCUT2D eigenvalue weighted by atomic mass is 79.9. The van der Waals surface area contributed by atoms with Gasteiger partial charge in [-0.05, 0) is 41.1 Å². The summed E-state index contributed by atoms with van der Waals surface area (Å²) >= 11 is 5.65. The number of alkyl halides is 1. The second-order valence-corrected chi connectivity index (χ2v) is 6.75. The molecule has 15 heavy (non-hydrogen) atoms. The van der Waals surface area contributed by atoms with E-state index in [4.69, 9.17) is 0 Å². The molecule has 1 heterocycles. The summed E-state index contributed by atoms with van der Waals surface area (Å²) in [6, 6.07) is 2.25. The normalized spacial score (nSPS) is 20.3. The molecule has 0 N–H and O–H groups in total. The Bertz CT molecular complexity index is 262. The highest BCUT2D eigenvalue weighted by Gasteiger charge is 2.17. The average molecular weight is 287 g/mol. The van der Waals surface area contributed by atoms with E-state index in [-0.39, 0.29) is 0 Å². The molecule has 1 aromatic rings. The predicted molar refractivity (Wildman–Crippen MR) is 71.9 cm³/mol. The van der Waals surface area contributed by atoms with Gasteiger partial charge in [0.05, 0.1) is 0 Å². The third-order valence-electron chi connectivity index (χ3n) is 3.35. The van der Waals surface area contributed by atoms with E-state index in [0.717, 1.165) is 5.92 Å². The van der Waals surface area contributed by atoms with Gasteiger partial charge < -0.3 is 0 Å². The lowest BCUT2D eigenvalue weighted by atomic mass is 9.85. The topological polar surface area (TPSA) is 0 Å². The van der Waals surface area contributed by atoms with Crippen molar-refractivity contribution in [2.45, 2.75) is 49.8 Å². The van der Waals surface area contributed by atoms with Crippen LogP contribution in [0.15, 0.2) is 16.8 Å². The maximum atomic E-state index is 3.84. The van der Waals surface area contributed by atoms with Crippen LogP contribution in [0.4, 0.5) is 0 Å². The minimum atomic E-state index is 0.690. The molecule has 1 aliphatic carbocycles.